The Morgan fingerprint density at radius 3 is 2.54 bits per heavy atom. The molecule has 0 atom stereocenters. The lowest BCUT2D eigenvalue weighted by Crippen LogP contribution is -2.42. The van der Waals surface area contributed by atoms with Crippen LogP contribution in [0.2, 0.25) is 0 Å². The topological polar surface area (TPSA) is 125 Å². The molecule has 0 spiro atoms. The first kappa shape index (κ1) is 28.8. The van der Waals surface area contributed by atoms with E-state index in [4.69, 9.17) is 10.5 Å². The molecule has 3 saturated carbocycles. The summed E-state index contributed by atoms with van der Waals surface area (Å²) in [5, 5.41) is 19.5. The van der Waals surface area contributed by atoms with Gasteiger partial charge in [0, 0.05) is 36.6 Å². The second-order valence-corrected chi connectivity index (χ2v) is 11.8. The van der Waals surface area contributed by atoms with Crippen LogP contribution in [0.3, 0.4) is 0 Å². The fourth-order valence-electron chi connectivity index (χ4n) is 6.21. The van der Waals surface area contributed by atoms with Gasteiger partial charge in [-0.05, 0) is 111 Å². The van der Waals surface area contributed by atoms with Crippen molar-refractivity contribution >= 4 is 23.5 Å². The van der Waals surface area contributed by atoms with Gasteiger partial charge in [-0.25, -0.2) is 4.98 Å². The van der Waals surface area contributed by atoms with Crippen LogP contribution < -0.4 is 15.4 Å². The molecule has 5 rings (SSSR count). The van der Waals surface area contributed by atoms with Gasteiger partial charge in [0.05, 0.1) is 24.8 Å². The van der Waals surface area contributed by atoms with Gasteiger partial charge >= 0.3 is 0 Å². The molecule has 1 heterocycles. The fourth-order valence-corrected chi connectivity index (χ4v) is 6.21. The van der Waals surface area contributed by atoms with Gasteiger partial charge in [0.1, 0.15) is 17.6 Å². The molecule has 216 valence electrons. The van der Waals surface area contributed by atoms with E-state index in [1.807, 2.05) is 35.4 Å². The maximum absolute atomic E-state index is 14.0. The van der Waals surface area contributed by atoms with Crippen molar-refractivity contribution in [2.45, 2.75) is 82.3 Å². The SMILES string of the molecule is COc1ccc(C2CCC(CN(C(=O)C3CCC(O)CC3)c3cc(C(C=NC4CC4)=CN)ccn3)CC2)cc1C#N. The highest BCUT2D eigenvalue weighted by Crippen LogP contribution is 2.38. The van der Waals surface area contributed by atoms with Crippen LogP contribution in [0.5, 0.6) is 5.75 Å². The van der Waals surface area contributed by atoms with Crippen LogP contribution in [-0.4, -0.2) is 48.0 Å². The molecule has 0 bridgehead atoms. The van der Waals surface area contributed by atoms with E-state index in [0.717, 1.165) is 49.7 Å². The van der Waals surface area contributed by atoms with Gasteiger partial charge in [-0.2, -0.15) is 5.26 Å². The molecule has 3 fully saturated rings. The monoisotopic (exact) mass is 555 g/mol. The van der Waals surface area contributed by atoms with Gasteiger partial charge in [0.25, 0.3) is 0 Å². The smallest absolute Gasteiger partial charge is 0.231 e. The van der Waals surface area contributed by atoms with E-state index in [1.54, 1.807) is 19.5 Å². The van der Waals surface area contributed by atoms with Crippen molar-refractivity contribution in [3.05, 3.63) is 59.4 Å². The predicted octanol–water partition coefficient (Wildman–Crippen LogP) is 5.35. The molecule has 1 aromatic carbocycles. The molecule has 0 aliphatic heterocycles. The van der Waals surface area contributed by atoms with Crippen LogP contribution >= 0.6 is 0 Å². The zero-order chi connectivity index (χ0) is 28.8. The number of benzene rings is 1. The molecule has 0 saturated heterocycles. The van der Waals surface area contributed by atoms with Gasteiger partial charge in [0.2, 0.25) is 5.91 Å². The molecule has 3 aliphatic carbocycles. The van der Waals surface area contributed by atoms with Crippen LogP contribution in [0, 0.1) is 23.2 Å². The zero-order valence-electron chi connectivity index (χ0n) is 23.9. The number of aliphatic imine (C=N–C) groups is 1. The Morgan fingerprint density at radius 1 is 1.12 bits per heavy atom. The summed E-state index contributed by atoms with van der Waals surface area (Å²) in [6.45, 7) is 0.616. The number of ether oxygens (including phenoxy) is 1. The summed E-state index contributed by atoms with van der Waals surface area (Å²) < 4.78 is 5.32. The number of hydrogen-bond acceptors (Lipinski definition) is 7. The molecule has 1 amide bonds. The van der Waals surface area contributed by atoms with Crippen LogP contribution in [0.1, 0.15) is 86.8 Å². The lowest BCUT2D eigenvalue weighted by atomic mass is 9.78. The molecule has 2 aromatic rings. The number of methoxy groups -OCH3 is 1. The Bertz CT molecular complexity index is 1310. The Labute approximate surface area is 242 Å². The Morgan fingerprint density at radius 2 is 1.88 bits per heavy atom. The van der Waals surface area contributed by atoms with Crippen LogP contribution in [-0.2, 0) is 4.79 Å². The number of rotatable bonds is 9. The summed E-state index contributed by atoms with van der Waals surface area (Å²) in [4.78, 5) is 25.1. The second kappa shape index (κ2) is 13.3. The molecule has 0 radical (unpaired) electrons. The quantitative estimate of drug-likeness (QED) is 0.402. The van der Waals surface area contributed by atoms with E-state index in [9.17, 15) is 15.2 Å². The van der Waals surface area contributed by atoms with E-state index < -0.39 is 0 Å². The highest BCUT2D eigenvalue weighted by molar-refractivity contribution is 6.10. The van der Waals surface area contributed by atoms with E-state index in [-0.39, 0.29) is 17.9 Å². The number of amides is 1. The van der Waals surface area contributed by atoms with Crippen molar-refractivity contribution in [3.8, 4) is 11.8 Å². The number of hydrogen-bond donors (Lipinski definition) is 2. The number of aliphatic hydroxyl groups is 1. The molecule has 0 unspecified atom stereocenters. The number of pyridine rings is 1. The first-order chi connectivity index (χ1) is 20.0. The number of nitriles is 1. The summed E-state index contributed by atoms with van der Waals surface area (Å²) in [6.07, 6.45) is 13.8. The van der Waals surface area contributed by atoms with Crippen molar-refractivity contribution in [2.75, 3.05) is 18.6 Å². The molecule has 8 nitrogen and oxygen atoms in total. The summed E-state index contributed by atoms with van der Waals surface area (Å²) >= 11 is 0. The average Bonchev–Trinajstić information content (AvgIpc) is 3.85. The van der Waals surface area contributed by atoms with Crippen LogP contribution in [0.4, 0.5) is 5.82 Å². The third-order valence-corrected chi connectivity index (χ3v) is 8.92. The predicted molar refractivity (Wildman–Crippen MR) is 161 cm³/mol. The lowest BCUT2D eigenvalue weighted by molar-refractivity contribution is -0.124. The second-order valence-electron chi connectivity index (χ2n) is 11.8. The molecule has 3 aliphatic rings. The highest BCUT2D eigenvalue weighted by atomic mass is 16.5. The number of carbonyl (C=O) groups excluding carboxylic acids is 1. The number of aromatic nitrogens is 1. The first-order valence-electron chi connectivity index (χ1n) is 15.0. The number of allylic oxidation sites excluding steroid dienone is 1. The number of nitrogens with two attached hydrogens (primary N) is 1. The average molecular weight is 556 g/mol. The van der Waals surface area contributed by atoms with Crippen molar-refractivity contribution in [3.63, 3.8) is 0 Å². The Balaban J connectivity index is 1.32. The summed E-state index contributed by atoms with van der Waals surface area (Å²) in [6, 6.07) is 12.4. The first-order valence-corrected chi connectivity index (χ1v) is 15.0. The van der Waals surface area contributed by atoms with E-state index in [0.29, 0.717) is 67.2 Å². The number of nitrogens with zero attached hydrogens (tertiary/aromatic N) is 4. The van der Waals surface area contributed by atoms with Crippen molar-refractivity contribution in [2.24, 2.45) is 22.6 Å². The minimum absolute atomic E-state index is 0.0995. The summed E-state index contributed by atoms with van der Waals surface area (Å²) in [5.41, 5.74) is 9.44. The summed E-state index contributed by atoms with van der Waals surface area (Å²) in [7, 11) is 1.59. The number of anilines is 1. The molecule has 1 aromatic heterocycles. The normalized spacial score (nSPS) is 25.0. The number of aliphatic hydroxyl groups excluding tert-OH is 1. The van der Waals surface area contributed by atoms with E-state index in [1.165, 1.54) is 5.56 Å². The van der Waals surface area contributed by atoms with Gasteiger partial charge in [-0.3, -0.25) is 14.7 Å². The van der Waals surface area contributed by atoms with Crippen molar-refractivity contribution < 1.29 is 14.6 Å². The molecular weight excluding hydrogens is 514 g/mol. The third-order valence-electron chi connectivity index (χ3n) is 8.92. The fraction of sp³-hybridized carbons (Fsp3) is 0.515. The van der Waals surface area contributed by atoms with Gasteiger partial charge in [-0.15, -0.1) is 0 Å². The standard InChI is InChI=1S/C33H41N5O3/c1-41-31-13-8-25(16-27(31)18-34)23-4-2-22(3-5-23)21-38(33(40)24-6-11-30(39)12-7-24)32-17-26(14-15-36-32)28(19-35)20-37-29-9-10-29/h8,13-17,19-20,22-24,29-30,39H,2-7,9-12,21,35H2,1H3. The van der Waals surface area contributed by atoms with Crippen molar-refractivity contribution in [1.29, 1.82) is 5.26 Å². The highest BCUT2D eigenvalue weighted by Gasteiger charge is 2.33. The Kier molecular flexibility index (Phi) is 9.35. The van der Waals surface area contributed by atoms with Crippen molar-refractivity contribution in [1.82, 2.24) is 4.98 Å². The maximum atomic E-state index is 14.0. The number of carbonyl (C=O) groups is 1. The van der Waals surface area contributed by atoms with E-state index >= 15 is 0 Å². The minimum Gasteiger partial charge on any atom is -0.495 e. The molecule has 8 heteroatoms. The molecule has 41 heavy (non-hydrogen) atoms. The lowest BCUT2D eigenvalue weighted by Gasteiger charge is -2.35. The van der Waals surface area contributed by atoms with Gasteiger partial charge < -0.3 is 15.6 Å². The van der Waals surface area contributed by atoms with Gasteiger partial charge in [-0.1, -0.05) is 6.07 Å². The van der Waals surface area contributed by atoms with Gasteiger partial charge in [0.15, 0.2) is 0 Å². The molecular formula is C33H41N5O3. The third kappa shape index (κ3) is 7.15. The summed E-state index contributed by atoms with van der Waals surface area (Å²) in [5.74, 6) is 1.98. The van der Waals surface area contributed by atoms with E-state index in [2.05, 4.69) is 22.1 Å². The van der Waals surface area contributed by atoms with Crippen LogP contribution in [0.15, 0.2) is 47.7 Å². The zero-order valence-corrected chi connectivity index (χ0v) is 23.9. The largest absolute Gasteiger partial charge is 0.495 e. The maximum Gasteiger partial charge on any atom is 0.231 e. The molecule has 3 N–H and O–H groups in total. The van der Waals surface area contributed by atoms with Crippen LogP contribution in [0.25, 0.3) is 5.57 Å². The Hall–Kier alpha value is -3.70. The minimum atomic E-state index is -0.313.